The SMILES string of the molecule is CN1CCC(CC(NC(C)(C)C)C(=O)C(C)(C)C)CC1. The summed E-state index contributed by atoms with van der Waals surface area (Å²) < 4.78 is 0. The normalized spacial score (nSPS) is 20.9. The number of carbonyl (C=O) groups excluding carboxylic acids is 1. The van der Waals surface area contributed by atoms with Crippen molar-refractivity contribution in [1.82, 2.24) is 10.2 Å². The lowest BCUT2D eigenvalue weighted by molar-refractivity contribution is -0.129. The van der Waals surface area contributed by atoms with Crippen molar-refractivity contribution < 1.29 is 4.79 Å². The van der Waals surface area contributed by atoms with Crippen LogP contribution < -0.4 is 5.32 Å². The zero-order valence-electron chi connectivity index (χ0n) is 14.5. The highest BCUT2D eigenvalue weighted by Crippen LogP contribution is 2.26. The summed E-state index contributed by atoms with van der Waals surface area (Å²) in [6.45, 7) is 14.8. The Morgan fingerprint density at radius 3 is 2.05 bits per heavy atom. The smallest absolute Gasteiger partial charge is 0.155 e. The summed E-state index contributed by atoms with van der Waals surface area (Å²) in [6.07, 6.45) is 3.42. The van der Waals surface area contributed by atoms with Crippen molar-refractivity contribution in [3.8, 4) is 0 Å². The fourth-order valence-corrected chi connectivity index (χ4v) is 2.91. The van der Waals surface area contributed by atoms with E-state index in [4.69, 9.17) is 0 Å². The van der Waals surface area contributed by atoms with Crippen molar-refractivity contribution in [2.45, 2.75) is 72.4 Å². The Morgan fingerprint density at radius 2 is 1.65 bits per heavy atom. The first-order valence-electron chi connectivity index (χ1n) is 7.99. The molecule has 0 radical (unpaired) electrons. The molecule has 1 unspecified atom stereocenters. The first-order valence-corrected chi connectivity index (χ1v) is 7.99. The Hall–Kier alpha value is -0.410. The van der Waals surface area contributed by atoms with Gasteiger partial charge in [0.1, 0.15) is 0 Å². The Labute approximate surface area is 125 Å². The molecule has 1 saturated heterocycles. The van der Waals surface area contributed by atoms with E-state index >= 15 is 0 Å². The number of Topliss-reactive ketones (excluding diaryl/α,β-unsaturated/α-hetero) is 1. The molecule has 118 valence electrons. The van der Waals surface area contributed by atoms with Gasteiger partial charge in [0.25, 0.3) is 0 Å². The van der Waals surface area contributed by atoms with Crippen LogP contribution in [-0.2, 0) is 4.79 Å². The van der Waals surface area contributed by atoms with E-state index < -0.39 is 0 Å². The number of ketones is 1. The molecule has 0 spiro atoms. The van der Waals surface area contributed by atoms with Gasteiger partial charge in [-0.15, -0.1) is 0 Å². The van der Waals surface area contributed by atoms with Gasteiger partial charge < -0.3 is 10.2 Å². The molecule has 0 aromatic heterocycles. The summed E-state index contributed by atoms with van der Waals surface area (Å²) >= 11 is 0. The lowest BCUT2D eigenvalue weighted by atomic mass is 9.80. The zero-order valence-corrected chi connectivity index (χ0v) is 14.5. The van der Waals surface area contributed by atoms with Crippen LogP contribution >= 0.6 is 0 Å². The fourth-order valence-electron chi connectivity index (χ4n) is 2.91. The quantitative estimate of drug-likeness (QED) is 0.860. The van der Waals surface area contributed by atoms with Crippen molar-refractivity contribution >= 4 is 5.78 Å². The summed E-state index contributed by atoms with van der Waals surface area (Å²) in [5.41, 5.74) is -0.286. The fraction of sp³-hybridized carbons (Fsp3) is 0.941. The van der Waals surface area contributed by atoms with Gasteiger partial charge in [-0.25, -0.2) is 0 Å². The van der Waals surface area contributed by atoms with Gasteiger partial charge in [-0.1, -0.05) is 20.8 Å². The van der Waals surface area contributed by atoms with Crippen molar-refractivity contribution in [2.24, 2.45) is 11.3 Å². The average Bonchev–Trinajstić information content (AvgIpc) is 2.27. The van der Waals surface area contributed by atoms with Gasteiger partial charge in [0.2, 0.25) is 0 Å². The standard InChI is InChI=1S/C17H34N2O/c1-16(2,3)15(20)14(18-17(4,5)6)12-13-8-10-19(7)11-9-13/h13-14,18H,8-12H2,1-7H3. The molecule has 1 rings (SSSR count). The molecule has 0 aliphatic carbocycles. The molecular formula is C17H34N2O. The van der Waals surface area contributed by atoms with E-state index in [1.54, 1.807) is 0 Å². The molecule has 0 saturated carbocycles. The number of rotatable bonds is 4. The monoisotopic (exact) mass is 282 g/mol. The van der Waals surface area contributed by atoms with E-state index in [1.807, 2.05) is 20.8 Å². The van der Waals surface area contributed by atoms with Crippen molar-refractivity contribution in [1.29, 1.82) is 0 Å². The molecule has 3 nitrogen and oxygen atoms in total. The maximum Gasteiger partial charge on any atom is 0.155 e. The third-order valence-electron chi connectivity index (χ3n) is 4.07. The van der Waals surface area contributed by atoms with E-state index in [0.29, 0.717) is 11.7 Å². The minimum absolute atomic E-state index is 0.0107. The minimum atomic E-state index is -0.269. The zero-order chi connectivity index (χ0) is 15.6. The Bertz CT molecular complexity index is 317. The largest absolute Gasteiger partial charge is 0.306 e. The molecule has 1 aliphatic heterocycles. The van der Waals surface area contributed by atoms with Crippen LogP contribution in [0.25, 0.3) is 0 Å². The van der Waals surface area contributed by atoms with Gasteiger partial charge >= 0.3 is 0 Å². The highest BCUT2D eigenvalue weighted by atomic mass is 16.1. The van der Waals surface area contributed by atoms with Crippen LogP contribution in [0.3, 0.4) is 0 Å². The second kappa shape index (κ2) is 6.57. The molecule has 3 heteroatoms. The van der Waals surface area contributed by atoms with E-state index in [0.717, 1.165) is 19.5 Å². The van der Waals surface area contributed by atoms with Gasteiger partial charge in [-0.2, -0.15) is 0 Å². The Balaban J connectivity index is 2.70. The third kappa shape index (κ3) is 5.92. The lowest BCUT2D eigenvalue weighted by Crippen LogP contribution is -2.52. The number of carbonyl (C=O) groups is 1. The number of nitrogens with zero attached hydrogens (tertiary/aromatic N) is 1. The van der Waals surface area contributed by atoms with Gasteiger partial charge in [0, 0.05) is 11.0 Å². The Kier molecular flexibility index (Phi) is 5.79. The molecule has 0 amide bonds. The van der Waals surface area contributed by atoms with Gasteiger partial charge in [-0.3, -0.25) is 4.79 Å². The minimum Gasteiger partial charge on any atom is -0.306 e. The summed E-state index contributed by atoms with van der Waals surface area (Å²) in [6, 6.07) is -0.0107. The predicted octanol–water partition coefficient (Wildman–Crippen LogP) is 3.09. The molecule has 1 fully saturated rings. The Morgan fingerprint density at radius 1 is 1.15 bits per heavy atom. The predicted molar refractivity (Wildman–Crippen MR) is 86.0 cm³/mol. The lowest BCUT2D eigenvalue weighted by Gasteiger charge is -2.36. The van der Waals surface area contributed by atoms with Crippen molar-refractivity contribution in [3.63, 3.8) is 0 Å². The van der Waals surface area contributed by atoms with Crippen LogP contribution in [0.2, 0.25) is 0 Å². The molecule has 0 aromatic carbocycles. The van der Waals surface area contributed by atoms with Crippen molar-refractivity contribution in [3.05, 3.63) is 0 Å². The first kappa shape index (κ1) is 17.6. The molecule has 1 heterocycles. The maximum absolute atomic E-state index is 12.7. The highest BCUT2D eigenvalue weighted by molar-refractivity contribution is 5.88. The topological polar surface area (TPSA) is 32.3 Å². The van der Waals surface area contributed by atoms with Crippen LogP contribution in [0.4, 0.5) is 0 Å². The molecule has 0 aromatic rings. The highest BCUT2D eigenvalue weighted by Gasteiger charge is 2.34. The molecule has 1 N–H and O–H groups in total. The van der Waals surface area contributed by atoms with Crippen LogP contribution in [0, 0.1) is 11.3 Å². The molecule has 1 aliphatic rings. The molecular weight excluding hydrogens is 248 g/mol. The van der Waals surface area contributed by atoms with Crippen LogP contribution in [0.15, 0.2) is 0 Å². The second-order valence-corrected chi connectivity index (χ2v) is 8.54. The second-order valence-electron chi connectivity index (χ2n) is 8.54. The number of hydrogen-bond donors (Lipinski definition) is 1. The number of nitrogens with one attached hydrogen (secondary N) is 1. The van der Waals surface area contributed by atoms with E-state index in [1.165, 1.54) is 12.8 Å². The molecule has 20 heavy (non-hydrogen) atoms. The average molecular weight is 282 g/mol. The number of likely N-dealkylation sites (tertiary alicyclic amines) is 1. The first-order chi connectivity index (χ1) is 8.99. The van der Waals surface area contributed by atoms with E-state index in [-0.39, 0.29) is 17.0 Å². The third-order valence-corrected chi connectivity index (χ3v) is 4.07. The van der Waals surface area contributed by atoms with Crippen LogP contribution in [-0.4, -0.2) is 42.4 Å². The van der Waals surface area contributed by atoms with E-state index in [9.17, 15) is 4.79 Å². The maximum atomic E-state index is 12.7. The summed E-state index contributed by atoms with van der Waals surface area (Å²) in [5.74, 6) is 1.03. The van der Waals surface area contributed by atoms with Crippen molar-refractivity contribution in [2.75, 3.05) is 20.1 Å². The molecule has 1 atom stereocenters. The van der Waals surface area contributed by atoms with Gasteiger partial charge in [-0.05, 0) is 66.1 Å². The van der Waals surface area contributed by atoms with Crippen LogP contribution in [0.5, 0.6) is 0 Å². The summed E-state index contributed by atoms with van der Waals surface area (Å²) in [5, 5.41) is 3.56. The number of piperidine rings is 1. The summed E-state index contributed by atoms with van der Waals surface area (Å²) in [4.78, 5) is 15.1. The van der Waals surface area contributed by atoms with Gasteiger partial charge in [0.05, 0.1) is 6.04 Å². The summed E-state index contributed by atoms with van der Waals surface area (Å²) in [7, 11) is 2.18. The van der Waals surface area contributed by atoms with E-state index in [2.05, 4.69) is 38.0 Å². The number of hydrogen-bond acceptors (Lipinski definition) is 3. The van der Waals surface area contributed by atoms with Gasteiger partial charge in [0.15, 0.2) is 5.78 Å². The molecule has 0 bridgehead atoms. The van der Waals surface area contributed by atoms with Crippen LogP contribution in [0.1, 0.15) is 60.8 Å².